The third kappa shape index (κ3) is 2.14. The highest BCUT2D eigenvalue weighted by Crippen LogP contribution is 2.14. The first-order valence-electron chi connectivity index (χ1n) is 5.37. The van der Waals surface area contributed by atoms with E-state index in [1.807, 2.05) is 11.6 Å². The Balaban J connectivity index is 2.19. The molecule has 0 aromatic carbocycles. The molecule has 0 amide bonds. The Morgan fingerprint density at radius 1 is 1.33 bits per heavy atom. The van der Waals surface area contributed by atoms with Crippen LogP contribution in [0.1, 0.15) is 32.0 Å². The molecule has 79 valence electrons. The van der Waals surface area contributed by atoms with E-state index >= 15 is 0 Å². The number of nitrogens with zero attached hydrogens (tertiary/aromatic N) is 4. The number of hydrogen-bond donors (Lipinski definition) is 0. The van der Waals surface area contributed by atoms with Crippen LogP contribution in [-0.4, -0.2) is 19.5 Å². The highest BCUT2D eigenvalue weighted by molar-refractivity contribution is 5.47. The molecule has 0 aromatic rings. The molecule has 0 saturated heterocycles. The first-order chi connectivity index (χ1) is 7.31. The molecule has 2 heterocycles. The smallest absolute Gasteiger partial charge is 0.183 e. The van der Waals surface area contributed by atoms with E-state index in [1.54, 1.807) is 0 Å². The van der Waals surface area contributed by atoms with Gasteiger partial charge in [-0.1, -0.05) is 19.8 Å². The maximum Gasteiger partial charge on any atom is 0.183 e. The van der Waals surface area contributed by atoms with Gasteiger partial charge in [0.05, 0.1) is 6.20 Å². The third-order valence-electron chi connectivity index (χ3n) is 2.48. The largest absolute Gasteiger partial charge is 0.329 e. The van der Waals surface area contributed by atoms with Crippen LogP contribution in [0.2, 0.25) is 0 Å². The lowest BCUT2D eigenvalue weighted by Gasteiger charge is -2.08. The van der Waals surface area contributed by atoms with E-state index in [9.17, 15) is 0 Å². The molecule has 0 unspecified atom stereocenters. The van der Waals surface area contributed by atoms with Gasteiger partial charge >= 0.3 is 0 Å². The van der Waals surface area contributed by atoms with Crippen molar-refractivity contribution in [2.45, 2.75) is 32.6 Å². The molecule has 0 bridgehead atoms. The highest BCUT2D eigenvalue weighted by Gasteiger charge is 2.10. The standard InChI is InChI=1S/C11H15N4/c1-3-4-5-6-10-14-11-9(7-15(10)2)12-8-13-11/h8H,3-6H2,1-2H3. The molecule has 0 fully saturated rings. The average Bonchev–Trinajstić information content (AvgIpc) is 2.65. The van der Waals surface area contributed by atoms with Crippen molar-refractivity contribution in [2.75, 3.05) is 0 Å². The highest BCUT2D eigenvalue weighted by atomic mass is 15.1. The minimum absolute atomic E-state index is 0.708. The van der Waals surface area contributed by atoms with Crippen molar-refractivity contribution >= 4 is 0 Å². The lowest BCUT2D eigenvalue weighted by Crippen LogP contribution is -2.07. The summed E-state index contributed by atoms with van der Waals surface area (Å²) in [5.41, 5.74) is 0.747. The molecule has 0 N–H and O–H groups in total. The second kappa shape index (κ2) is 4.38. The fraction of sp³-hybridized carbons (Fsp3) is 0.545. The topological polar surface area (TPSA) is 43.6 Å². The quantitative estimate of drug-likeness (QED) is 0.712. The Morgan fingerprint density at radius 2 is 2.20 bits per heavy atom. The SMILES string of the molecule is CCCCCc1nc2ncnc-2[c]n1C. The normalized spacial score (nSPS) is 11.1. The maximum atomic E-state index is 4.46. The Kier molecular flexibility index (Phi) is 2.94. The number of hydrogen-bond acceptors (Lipinski definition) is 3. The molecular weight excluding hydrogens is 188 g/mol. The van der Waals surface area contributed by atoms with E-state index in [4.69, 9.17) is 0 Å². The van der Waals surface area contributed by atoms with E-state index in [0.717, 1.165) is 17.9 Å². The zero-order chi connectivity index (χ0) is 10.7. The van der Waals surface area contributed by atoms with E-state index in [2.05, 4.69) is 28.1 Å². The van der Waals surface area contributed by atoms with E-state index in [0.29, 0.717) is 5.82 Å². The van der Waals surface area contributed by atoms with Gasteiger partial charge in [0.2, 0.25) is 0 Å². The number of rotatable bonds is 4. The van der Waals surface area contributed by atoms with Crippen LogP contribution in [-0.2, 0) is 13.5 Å². The van der Waals surface area contributed by atoms with Crippen LogP contribution in [0, 0.1) is 6.20 Å². The number of aryl methyl sites for hydroxylation is 2. The molecule has 0 saturated carbocycles. The molecular formula is C11H15N4. The summed E-state index contributed by atoms with van der Waals surface area (Å²) in [5, 5.41) is 0. The molecule has 2 aliphatic heterocycles. The molecule has 1 radical (unpaired) electrons. The van der Waals surface area contributed by atoms with Gasteiger partial charge in [-0.05, 0) is 6.42 Å². The molecule has 0 aromatic heterocycles. The zero-order valence-electron chi connectivity index (χ0n) is 9.19. The van der Waals surface area contributed by atoms with Gasteiger partial charge in [-0.3, -0.25) is 0 Å². The summed E-state index contributed by atoms with van der Waals surface area (Å²) in [7, 11) is 1.96. The molecule has 15 heavy (non-hydrogen) atoms. The summed E-state index contributed by atoms with van der Waals surface area (Å²) in [4.78, 5) is 12.6. The summed E-state index contributed by atoms with van der Waals surface area (Å²) >= 11 is 0. The molecule has 0 spiro atoms. The second-order valence-corrected chi connectivity index (χ2v) is 3.70. The van der Waals surface area contributed by atoms with Crippen LogP contribution in [0.3, 0.4) is 0 Å². The molecule has 2 aliphatic rings. The Labute approximate surface area is 89.7 Å². The van der Waals surface area contributed by atoms with Gasteiger partial charge in [0.25, 0.3) is 0 Å². The average molecular weight is 203 g/mol. The first-order valence-corrected chi connectivity index (χ1v) is 5.37. The van der Waals surface area contributed by atoms with Gasteiger partial charge in [-0.2, -0.15) is 0 Å². The molecule has 4 nitrogen and oxygen atoms in total. The van der Waals surface area contributed by atoms with Gasteiger partial charge in [0.1, 0.15) is 17.8 Å². The van der Waals surface area contributed by atoms with Gasteiger partial charge < -0.3 is 4.57 Å². The van der Waals surface area contributed by atoms with Crippen LogP contribution in [0.4, 0.5) is 0 Å². The van der Waals surface area contributed by atoms with Crippen molar-refractivity contribution in [3.63, 3.8) is 0 Å². The summed E-state index contributed by atoms with van der Waals surface area (Å²) in [6.45, 7) is 2.20. The van der Waals surface area contributed by atoms with Crippen molar-refractivity contribution in [1.82, 2.24) is 19.5 Å². The van der Waals surface area contributed by atoms with Crippen LogP contribution < -0.4 is 0 Å². The van der Waals surface area contributed by atoms with Crippen molar-refractivity contribution in [3.8, 4) is 11.5 Å². The summed E-state index contributed by atoms with van der Waals surface area (Å²) in [5.74, 6) is 1.75. The Hall–Kier alpha value is -1.45. The van der Waals surface area contributed by atoms with Crippen LogP contribution in [0.5, 0.6) is 0 Å². The van der Waals surface area contributed by atoms with E-state index in [1.165, 1.54) is 25.6 Å². The van der Waals surface area contributed by atoms with E-state index < -0.39 is 0 Å². The lowest BCUT2D eigenvalue weighted by atomic mass is 10.2. The van der Waals surface area contributed by atoms with Crippen molar-refractivity contribution in [1.29, 1.82) is 0 Å². The predicted octanol–water partition coefficient (Wildman–Crippen LogP) is 1.85. The fourth-order valence-electron chi connectivity index (χ4n) is 1.60. The predicted molar refractivity (Wildman–Crippen MR) is 57.5 cm³/mol. The molecule has 0 atom stereocenters. The number of fused-ring (bicyclic) bond motifs is 1. The zero-order valence-corrected chi connectivity index (χ0v) is 9.19. The van der Waals surface area contributed by atoms with Gasteiger partial charge in [0, 0.05) is 13.5 Å². The Bertz CT molecular complexity index is 407. The third-order valence-corrected chi connectivity index (χ3v) is 2.48. The fourth-order valence-corrected chi connectivity index (χ4v) is 1.60. The van der Waals surface area contributed by atoms with E-state index in [-0.39, 0.29) is 0 Å². The molecule has 2 rings (SSSR count). The van der Waals surface area contributed by atoms with Crippen molar-refractivity contribution in [3.05, 3.63) is 18.3 Å². The molecule has 4 heteroatoms. The Morgan fingerprint density at radius 3 is 3.00 bits per heavy atom. The number of imidazole rings is 1. The summed E-state index contributed by atoms with van der Waals surface area (Å²) in [6, 6.07) is 0. The van der Waals surface area contributed by atoms with Gasteiger partial charge in [-0.15, -0.1) is 0 Å². The summed E-state index contributed by atoms with van der Waals surface area (Å²) in [6.07, 6.45) is 9.31. The summed E-state index contributed by atoms with van der Waals surface area (Å²) < 4.78 is 1.92. The number of aromatic nitrogens is 4. The van der Waals surface area contributed by atoms with Crippen LogP contribution in [0.15, 0.2) is 6.33 Å². The van der Waals surface area contributed by atoms with Gasteiger partial charge in [-0.25, -0.2) is 15.0 Å². The minimum atomic E-state index is 0.708. The van der Waals surface area contributed by atoms with Crippen LogP contribution >= 0.6 is 0 Å². The first kappa shape index (κ1) is 10.1. The number of unbranched alkanes of at least 4 members (excludes halogenated alkanes) is 2. The van der Waals surface area contributed by atoms with Crippen molar-refractivity contribution in [2.24, 2.45) is 7.05 Å². The minimum Gasteiger partial charge on any atom is -0.329 e. The second-order valence-electron chi connectivity index (χ2n) is 3.70. The monoisotopic (exact) mass is 203 g/mol. The van der Waals surface area contributed by atoms with Crippen molar-refractivity contribution < 1.29 is 0 Å². The van der Waals surface area contributed by atoms with Gasteiger partial charge in [0.15, 0.2) is 5.82 Å². The maximum absolute atomic E-state index is 4.46. The van der Waals surface area contributed by atoms with Crippen LogP contribution in [0.25, 0.3) is 11.5 Å². The molecule has 0 aliphatic carbocycles. The lowest BCUT2D eigenvalue weighted by molar-refractivity contribution is 0.654.